The normalized spacial score (nSPS) is 11.7. The van der Waals surface area contributed by atoms with Crippen molar-refractivity contribution in [3.05, 3.63) is 58.3 Å². The molecule has 2 aromatic rings. The summed E-state index contributed by atoms with van der Waals surface area (Å²) in [5.41, 5.74) is 1.91. The lowest BCUT2D eigenvalue weighted by atomic mass is 10.1. The lowest BCUT2D eigenvalue weighted by Gasteiger charge is -2.15. The number of anilines is 1. The molecule has 6 heteroatoms. The van der Waals surface area contributed by atoms with E-state index in [1.54, 1.807) is 31.5 Å². The molecule has 1 atom stereocenters. The molecule has 1 aromatic carbocycles. The van der Waals surface area contributed by atoms with Gasteiger partial charge in [0.15, 0.2) is 0 Å². The molecule has 0 aliphatic carbocycles. The standard InChI is InChI=1S/C14H15N3O3/c1-10(11-3-6-13(7-4-11)17(18)19)16-12-5-8-14(20-2)15-9-12/h3-10,16H,1-2H3. The van der Waals surface area contributed by atoms with Gasteiger partial charge in [-0.2, -0.15) is 0 Å². The van der Waals surface area contributed by atoms with Crippen molar-refractivity contribution >= 4 is 11.4 Å². The van der Waals surface area contributed by atoms with Crippen LogP contribution in [0.5, 0.6) is 5.88 Å². The summed E-state index contributed by atoms with van der Waals surface area (Å²) in [6.07, 6.45) is 1.68. The predicted molar refractivity (Wildman–Crippen MR) is 75.9 cm³/mol. The molecule has 104 valence electrons. The summed E-state index contributed by atoms with van der Waals surface area (Å²) in [4.78, 5) is 14.3. The molecule has 0 radical (unpaired) electrons. The van der Waals surface area contributed by atoms with Crippen molar-refractivity contribution in [2.45, 2.75) is 13.0 Å². The van der Waals surface area contributed by atoms with E-state index in [9.17, 15) is 10.1 Å². The van der Waals surface area contributed by atoms with Gasteiger partial charge in [-0.1, -0.05) is 12.1 Å². The van der Waals surface area contributed by atoms with Crippen LogP contribution in [0.4, 0.5) is 11.4 Å². The van der Waals surface area contributed by atoms with E-state index in [2.05, 4.69) is 10.3 Å². The molecule has 20 heavy (non-hydrogen) atoms. The second-order valence-electron chi connectivity index (χ2n) is 4.30. The number of pyridine rings is 1. The number of nitro groups is 1. The Bertz CT molecular complexity index is 582. The van der Waals surface area contributed by atoms with Crippen LogP contribution in [0, 0.1) is 10.1 Å². The number of methoxy groups -OCH3 is 1. The summed E-state index contributed by atoms with van der Waals surface area (Å²) in [5, 5.41) is 13.9. The van der Waals surface area contributed by atoms with E-state index in [0.29, 0.717) is 5.88 Å². The first-order valence-electron chi connectivity index (χ1n) is 6.11. The van der Waals surface area contributed by atoms with Gasteiger partial charge in [0.25, 0.3) is 5.69 Å². The van der Waals surface area contributed by atoms with Crippen LogP contribution in [0.25, 0.3) is 0 Å². The van der Waals surface area contributed by atoms with Crippen LogP contribution < -0.4 is 10.1 Å². The molecule has 0 aliphatic heterocycles. The maximum absolute atomic E-state index is 10.6. The van der Waals surface area contributed by atoms with E-state index in [4.69, 9.17) is 4.74 Å². The summed E-state index contributed by atoms with van der Waals surface area (Å²) in [7, 11) is 1.56. The largest absolute Gasteiger partial charge is 0.481 e. The minimum atomic E-state index is -0.407. The van der Waals surface area contributed by atoms with Crippen molar-refractivity contribution in [3.63, 3.8) is 0 Å². The molecule has 1 unspecified atom stereocenters. The van der Waals surface area contributed by atoms with Gasteiger partial charge in [0.05, 0.1) is 23.9 Å². The molecule has 0 bridgehead atoms. The fraction of sp³-hybridized carbons (Fsp3) is 0.214. The maximum Gasteiger partial charge on any atom is 0.269 e. The Balaban J connectivity index is 2.06. The van der Waals surface area contributed by atoms with Crippen LogP contribution in [0.2, 0.25) is 0 Å². The quantitative estimate of drug-likeness (QED) is 0.668. The van der Waals surface area contributed by atoms with Crippen molar-refractivity contribution in [1.29, 1.82) is 0 Å². The van der Waals surface area contributed by atoms with Crippen molar-refractivity contribution in [3.8, 4) is 5.88 Å². The van der Waals surface area contributed by atoms with E-state index in [1.807, 2.05) is 13.0 Å². The van der Waals surface area contributed by atoms with Gasteiger partial charge in [-0.05, 0) is 18.6 Å². The number of ether oxygens (including phenoxy) is 1. The number of nitrogens with one attached hydrogen (secondary N) is 1. The number of non-ortho nitro benzene ring substituents is 1. The zero-order valence-electron chi connectivity index (χ0n) is 11.2. The molecule has 1 heterocycles. The molecule has 0 saturated heterocycles. The number of aromatic nitrogens is 1. The SMILES string of the molecule is COc1ccc(NC(C)c2ccc([N+](=O)[O-])cc2)cn1. The van der Waals surface area contributed by atoms with E-state index in [0.717, 1.165) is 11.3 Å². The van der Waals surface area contributed by atoms with Gasteiger partial charge in [-0.15, -0.1) is 0 Å². The molecule has 0 saturated carbocycles. The predicted octanol–water partition coefficient (Wildman–Crippen LogP) is 3.17. The molecule has 6 nitrogen and oxygen atoms in total. The van der Waals surface area contributed by atoms with Crippen LogP contribution >= 0.6 is 0 Å². The average Bonchev–Trinajstić information content (AvgIpc) is 2.48. The van der Waals surface area contributed by atoms with Crippen LogP contribution in [-0.4, -0.2) is 17.0 Å². The monoisotopic (exact) mass is 273 g/mol. The minimum Gasteiger partial charge on any atom is -0.481 e. The highest BCUT2D eigenvalue weighted by atomic mass is 16.6. The highest BCUT2D eigenvalue weighted by Crippen LogP contribution is 2.22. The third-order valence-corrected chi connectivity index (χ3v) is 2.93. The number of nitro benzene ring substituents is 1. The van der Waals surface area contributed by atoms with E-state index in [-0.39, 0.29) is 11.7 Å². The minimum absolute atomic E-state index is 0.0194. The van der Waals surface area contributed by atoms with Crippen LogP contribution in [0.15, 0.2) is 42.6 Å². The summed E-state index contributed by atoms with van der Waals surface area (Å²) in [6, 6.07) is 10.1. The number of nitrogens with zero attached hydrogens (tertiary/aromatic N) is 2. The summed E-state index contributed by atoms with van der Waals surface area (Å²) >= 11 is 0. The second-order valence-corrected chi connectivity index (χ2v) is 4.30. The van der Waals surface area contributed by atoms with Gasteiger partial charge in [0.1, 0.15) is 0 Å². The Labute approximate surface area is 116 Å². The number of hydrogen-bond donors (Lipinski definition) is 1. The molecule has 0 aliphatic rings. The summed E-state index contributed by atoms with van der Waals surface area (Å²) < 4.78 is 4.99. The highest BCUT2D eigenvalue weighted by Gasteiger charge is 2.09. The van der Waals surface area contributed by atoms with Crippen LogP contribution in [0.1, 0.15) is 18.5 Å². The third-order valence-electron chi connectivity index (χ3n) is 2.93. The number of rotatable bonds is 5. The summed E-state index contributed by atoms with van der Waals surface area (Å²) in [6.45, 7) is 1.98. The van der Waals surface area contributed by atoms with Gasteiger partial charge in [-0.25, -0.2) is 4.98 Å². The van der Waals surface area contributed by atoms with Crippen molar-refractivity contribution in [2.24, 2.45) is 0 Å². The van der Waals surface area contributed by atoms with Gasteiger partial charge >= 0.3 is 0 Å². The molecule has 1 N–H and O–H groups in total. The molecular weight excluding hydrogens is 258 g/mol. The van der Waals surface area contributed by atoms with Gasteiger partial charge in [-0.3, -0.25) is 10.1 Å². The topological polar surface area (TPSA) is 77.3 Å². The van der Waals surface area contributed by atoms with E-state index < -0.39 is 4.92 Å². The molecule has 2 rings (SSSR count). The van der Waals surface area contributed by atoms with E-state index >= 15 is 0 Å². The Hall–Kier alpha value is -2.63. The fourth-order valence-corrected chi connectivity index (χ4v) is 1.80. The van der Waals surface area contributed by atoms with Crippen LogP contribution in [0.3, 0.4) is 0 Å². The fourth-order valence-electron chi connectivity index (χ4n) is 1.80. The zero-order valence-corrected chi connectivity index (χ0v) is 11.2. The Morgan fingerprint density at radius 3 is 2.45 bits per heavy atom. The lowest BCUT2D eigenvalue weighted by Crippen LogP contribution is -2.06. The first-order chi connectivity index (χ1) is 9.60. The van der Waals surface area contributed by atoms with Crippen molar-refractivity contribution in [1.82, 2.24) is 4.98 Å². The van der Waals surface area contributed by atoms with Crippen LogP contribution in [-0.2, 0) is 0 Å². The van der Waals surface area contributed by atoms with E-state index in [1.165, 1.54) is 12.1 Å². The molecular formula is C14H15N3O3. The Morgan fingerprint density at radius 1 is 1.25 bits per heavy atom. The number of hydrogen-bond acceptors (Lipinski definition) is 5. The third kappa shape index (κ3) is 3.23. The zero-order chi connectivity index (χ0) is 14.5. The number of benzene rings is 1. The second kappa shape index (κ2) is 6.01. The van der Waals surface area contributed by atoms with Crippen molar-refractivity contribution < 1.29 is 9.66 Å². The van der Waals surface area contributed by atoms with Crippen molar-refractivity contribution in [2.75, 3.05) is 12.4 Å². The molecule has 0 spiro atoms. The molecule has 1 aromatic heterocycles. The van der Waals surface area contributed by atoms with Gasteiger partial charge in [0, 0.05) is 24.2 Å². The lowest BCUT2D eigenvalue weighted by molar-refractivity contribution is -0.384. The molecule has 0 fully saturated rings. The Morgan fingerprint density at radius 2 is 1.95 bits per heavy atom. The van der Waals surface area contributed by atoms with Gasteiger partial charge in [0.2, 0.25) is 5.88 Å². The smallest absolute Gasteiger partial charge is 0.269 e. The van der Waals surface area contributed by atoms with Gasteiger partial charge < -0.3 is 10.1 Å². The molecule has 0 amide bonds. The first-order valence-corrected chi connectivity index (χ1v) is 6.11. The Kier molecular flexibility index (Phi) is 4.14. The summed E-state index contributed by atoms with van der Waals surface area (Å²) in [5.74, 6) is 0.554. The average molecular weight is 273 g/mol. The first kappa shape index (κ1) is 13.8. The highest BCUT2D eigenvalue weighted by molar-refractivity contribution is 5.45. The maximum atomic E-state index is 10.6.